The van der Waals surface area contributed by atoms with Crippen LogP contribution in [-0.2, 0) is 19.1 Å². The lowest BCUT2D eigenvalue weighted by molar-refractivity contribution is -0.150. The number of unbranched alkanes of at least 4 members (excludes halogenated alkanes) is 18. The van der Waals surface area contributed by atoms with Crippen LogP contribution in [0.15, 0.2) is 11.4 Å². The highest BCUT2D eigenvalue weighted by molar-refractivity contribution is 6.05. The predicted octanol–water partition coefficient (Wildman–Crippen LogP) is 9.71. The number of carboxylic acids is 1. The third-order valence-corrected chi connectivity index (χ3v) is 10.1. The fourth-order valence-electron chi connectivity index (χ4n) is 6.91. The van der Waals surface area contributed by atoms with Crippen molar-refractivity contribution in [1.29, 1.82) is 0 Å². The Balaban J connectivity index is 2.36. The van der Waals surface area contributed by atoms with Crippen LogP contribution < -0.4 is 10.6 Å². The molecule has 0 aliphatic heterocycles. The molecule has 1 aliphatic carbocycles. The van der Waals surface area contributed by atoms with E-state index in [4.69, 9.17) is 9.84 Å². The second-order valence-corrected chi connectivity index (χ2v) is 14.5. The lowest BCUT2D eigenvalue weighted by Gasteiger charge is -2.30. The molecular weight excluding hydrogens is 614 g/mol. The smallest absolute Gasteiger partial charge is 0.306 e. The molecule has 0 aromatic carbocycles. The van der Waals surface area contributed by atoms with E-state index in [1.807, 2.05) is 14.0 Å². The number of carbonyl (C=O) groups is 3. The maximum Gasteiger partial charge on any atom is 0.306 e. The molecule has 1 atom stereocenters. The summed E-state index contributed by atoms with van der Waals surface area (Å²) < 4.78 is 6.03. The van der Waals surface area contributed by atoms with E-state index in [1.54, 1.807) is 0 Å². The number of hydrogen-bond acceptors (Lipinski definition) is 7. The number of aliphatic carboxylic acids is 1. The van der Waals surface area contributed by atoms with Crippen molar-refractivity contribution in [1.82, 2.24) is 15.5 Å². The van der Waals surface area contributed by atoms with Crippen LogP contribution in [0.3, 0.4) is 0 Å². The number of nitrogens with zero attached hydrogens (tertiary/aromatic N) is 1. The van der Waals surface area contributed by atoms with Crippen LogP contribution in [0.5, 0.6) is 0 Å². The molecule has 1 aliphatic rings. The van der Waals surface area contributed by atoms with E-state index in [2.05, 4.69) is 29.4 Å². The van der Waals surface area contributed by atoms with Gasteiger partial charge in [-0.25, -0.2) is 0 Å². The number of nitrogens with one attached hydrogen (secondary N) is 2. The van der Waals surface area contributed by atoms with Crippen molar-refractivity contribution >= 4 is 17.7 Å². The van der Waals surface area contributed by atoms with Gasteiger partial charge in [0.2, 0.25) is 0 Å². The van der Waals surface area contributed by atoms with Crippen LogP contribution in [0.2, 0.25) is 0 Å². The quantitative estimate of drug-likeness (QED) is 0.0440. The van der Waals surface area contributed by atoms with Gasteiger partial charge in [-0.15, -0.1) is 0 Å². The molecule has 0 amide bonds. The number of carbonyl (C=O) groups excluding carboxylic acids is 2. The molecule has 286 valence electrons. The number of Topliss-reactive ketones (excluding diaryl/α,β-unsaturated/α-hetero) is 1. The van der Waals surface area contributed by atoms with Gasteiger partial charge in [-0.2, -0.15) is 0 Å². The van der Waals surface area contributed by atoms with Crippen LogP contribution in [0.4, 0.5) is 0 Å². The van der Waals surface area contributed by atoms with Gasteiger partial charge in [0.05, 0.1) is 11.6 Å². The molecule has 8 nitrogen and oxygen atoms in total. The fourth-order valence-corrected chi connectivity index (χ4v) is 6.91. The van der Waals surface area contributed by atoms with Gasteiger partial charge in [0.15, 0.2) is 5.78 Å². The molecule has 0 saturated carbocycles. The fraction of sp³-hybridized carbons (Fsp3) is 0.878. The molecule has 0 aromatic rings. The monoisotopic (exact) mass is 692 g/mol. The number of ketones is 1. The largest absolute Gasteiger partial charge is 0.481 e. The van der Waals surface area contributed by atoms with E-state index in [0.29, 0.717) is 6.42 Å². The van der Waals surface area contributed by atoms with Crippen molar-refractivity contribution in [2.24, 2.45) is 5.92 Å². The summed E-state index contributed by atoms with van der Waals surface area (Å²) in [4.78, 5) is 38.3. The minimum Gasteiger partial charge on any atom is -0.481 e. The number of esters is 1. The summed E-state index contributed by atoms with van der Waals surface area (Å²) in [7, 11) is 1.87. The summed E-state index contributed by atoms with van der Waals surface area (Å²) >= 11 is 0. The Bertz CT molecular complexity index is 876. The van der Waals surface area contributed by atoms with E-state index in [9.17, 15) is 14.4 Å². The van der Waals surface area contributed by atoms with E-state index in [1.165, 1.54) is 77.0 Å². The number of allylic oxidation sites excluding steroid dienone is 2. The minimum absolute atomic E-state index is 0.000477. The van der Waals surface area contributed by atoms with Crippen LogP contribution in [0.25, 0.3) is 0 Å². The molecule has 1 rings (SSSR count). The summed E-state index contributed by atoms with van der Waals surface area (Å²) in [5, 5.41) is 15.4. The van der Waals surface area contributed by atoms with Crippen molar-refractivity contribution in [2.45, 2.75) is 194 Å². The molecule has 0 bridgehead atoms. The first-order valence-corrected chi connectivity index (χ1v) is 20.7. The van der Waals surface area contributed by atoms with Crippen molar-refractivity contribution in [2.75, 3.05) is 33.2 Å². The van der Waals surface area contributed by atoms with Crippen LogP contribution >= 0.6 is 0 Å². The third-order valence-electron chi connectivity index (χ3n) is 10.1. The number of rotatable bonds is 36. The first-order valence-electron chi connectivity index (χ1n) is 20.7. The molecule has 0 saturated heterocycles. The average Bonchev–Trinajstić information content (AvgIpc) is 3.08. The lowest BCUT2D eigenvalue weighted by Crippen LogP contribution is -2.44. The highest BCUT2D eigenvalue weighted by Crippen LogP contribution is 2.26. The topological polar surface area (TPSA) is 108 Å². The van der Waals surface area contributed by atoms with Gasteiger partial charge >= 0.3 is 11.9 Å². The van der Waals surface area contributed by atoms with Crippen molar-refractivity contribution < 1.29 is 24.2 Å². The first-order chi connectivity index (χ1) is 23.8. The number of ether oxygens (including phenoxy) is 1. The molecule has 49 heavy (non-hydrogen) atoms. The molecule has 0 radical (unpaired) electrons. The second kappa shape index (κ2) is 30.7. The normalized spacial score (nSPS) is 14.5. The summed E-state index contributed by atoms with van der Waals surface area (Å²) in [5.74, 6) is -0.560. The number of carboxylic acid groups (broad SMARTS) is 1. The Hall–Kier alpha value is -2.09. The predicted molar refractivity (Wildman–Crippen MR) is 204 cm³/mol. The van der Waals surface area contributed by atoms with Gasteiger partial charge in [0.1, 0.15) is 6.10 Å². The second-order valence-electron chi connectivity index (χ2n) is 14.5. The van der Waals surface area contributed by atoms with Crippen LogP contribution in [0.1, 0.15) is 188 Å². The SMILES string of the molecule is CCCCCCCCC(CCCCCCCC)OC(=O)CCCCCCCN(CCCCCCCC(=O)O)CCNC1=C(NC)C(C)C1=O. The molecule has 8 heteroatoms. The minimum atomic E-state index is -0.708. The van der Waals surface area contributed by atoms with Gasteiger partial charge in [-0.3, -0.25) is 14.4 Å². The molecule has 0 aromatic heterocycles. The van der Waals surface area contributed by atoms with Gasteiger partial charge in [-0.05, 0) is 71.4 Å². The zero-order valence-electron chi connectivity index (χ0n) is 32.4. The van der Waals surface area contributed by atoms with Gasteiger partial charge in [0, 0.05) is 38.7 Å². The van der Waals surface area contributed by atoms with E-state index < -0.39 is 5.97 Å². The zero-order chi connectivity index (χ0) is 36.0. The highest BCUT2D eigenvalue weighted by Gasteiger charge is 2.34. The van der Waals surface area contributed by atoms with Crippen molar-refractivity contribution in [3.63, 3.8) is 0 Å². The van der Waals surface area contributed by atoms with E-state index in [-0.39, 0.29) is 30.2 Å². The van der Waals surface area contributed by atoms with Crippen LogP contribution in [-0.4, -0.2) is 67.1 Å². The zero-order valence-corrected chi connectivity index (χ0v) is 32.4. The van der Waals surface area contributed by atoms with Gasteiger partial charge in [0.25, 0.3) is 0 Å². The molecule has 1 unspecified atom stereocenters. The Labute approximate surface area is 301 Å². The molecule has 3 N–H and O–H groups in total. The standard InChI is InChI=1S/C41H77N3O5/c1-5-7-9-11-15-21-27-36(28-22-16-12-10-8-6-2)49-38(47)30-24-18-14-20-26-33-44(32-25-19-13-17-23-29-37(45)46)34-31-43-40-39(42-4)35(3)41(40)48/h35-36,42-43H,5-34H2,1-4H3,(H,45,46). The van der Waals surface area contributed by atoms with Crippen molar-refractivity contribution in [3.8, 4) is 0 Å². The summed E-state index contributed by atoms with van der Waals surface area (Å²) in [5.41, 5.74) is 1.75. The summed E-state index contributed by atoms with van der Waals surface area (Å²) in [6.45, 7) is 10.1. The summed E-state index contributed by atoms with van der Waals surface area (Å²) in [6.07, 6.45) is 28.6. The first kappa shape index (κ1) is 44.9. The van der Waals surface area contributed by atoms with Gasteiger partial charge in [-0.1, -0.05) is 117 Å². The highest BCUT2D eigenvalue weighted by atomic mass is 16.5. The maximum absolute atomic E-state index is 12.8. The maximum atomic E-state index is 12.8. The summed E-state index contributed by atoms with van der Waals surface area (Å²) in [6, 6.07) is 0. The lowest BCUT2D eigenvalue weighted by atomic mass is 9.86. The molecule has 0 heterocycles. The average molecular weight is 692 g/mol. The Morgan fingerprint density at radius 2 is 1.16 bits per heavy atom. The number of hydrogen-bond donors (Lipinski definition) is 3. The Morgan fingerprint density at radius 1 is 0.694 bits per heavy atom. The van der Waals surface area contributed by atoms with Crippen molar-refractivity contribution in [3.05, 3.63) is 11.4 Å². The Kier molecular flexibility index (Phi) is 28.2. The van der Waals surface area contributed by atoms with Crippen LogP contribution in [0, 0.1) is 5.92 Å². The third kappa shape index (κ3) is 23.1. The molecular formula is C41H77N3O5. The molecule has 0 fully saturated rings. The van der Waals surface area contributed by atoms with E-state index >= 15 is 0 Å². The Morgan fingerprint density at radius 3 is 1.67 bits per heavy atom. The van der Waals surface area contributed by atoms with E-state index in [0.717, 1.165) is 115 Å². The van der Waals surface area contributed by atoms with Gasteiger partial charge < -0.3 is 25.4 Å². The molecule has 0 spiro atoms.